The molecule has 20 heavy (non-hydrogen) atoms. The van der Waals surface area contributed by atoms with Crippen molar-refractivity contribution in [3.05, 3.63) is 12.0 Å². The second-order valence-corrected chi connectivity index (χ2v) is 6.04. The minimum Gasteiger partial charge on any atom is -0.432 e. The summed E-state index contributed by atoms with van der Waals surface area (Å²) in [7, 11) is 4.17. The first-order valence-corrected chi connectivity index (χ1v) is 7.50. The fraction of sp³-hybridized carbons (Fsp3) is 0.800. The molecule has 1 aromatic rings. The summed E-state index contributed by atoms with van der Waals surface area (Å²) in [5.41, 5.74) is 0.969. The molecule has 1 atom stereocenters. The Morgan fingerprint density at radius 3 is 2.55 bits per heavy atom. The van der Waals surface area contributed by atoms with Gasteiger partial charge in [-0.15, -0.1) is 0 Å². The molecule has 0 amide bonds. The average molecular weight is 282 g/mol. The predicted molar refractivity (Wildman–Crippen MR) is 84.1 cm³/mol. The zero-order valence-electron chi connectivity index (χ0n) is 13.8. The van der Waals surface area contributed by atoms with Crippen LogP contribution in [0.15, 0.2) is 10.7 Å². The minimum absolute atomic E-state index is 0.380. The van der Waals surface area contributed by atoms with Crippen molar-refractivity contribution in [1.29, 1.82) is 0 Å². The quantitative estimate of drug-likeness (QED) is 0.752. The van der Waals surface area contributed by atoms with Crippen LogP contribution in [0, 0.1) is 5.92 Å². The molecule has 0 aromatic carbocycles. The number of aromatic nitrogens is 1. The number of anilines is 1. The highest BCUT2D eigenvalue weighted by atomic mass is 16.4. The summed E-state index contributed by atoms with van der Waals surface area (Å²) >= 11 is 0. The third kappa shape index (κ3) is 5.51. The third-order valence-electron chi connectivity index (χ3n) is 3.15. The molecule has 5 heteroatoms. The van der Waals surface area contributed by atoms with Crippen LogP contribution in [0.5, 0.6) is 0 Å². The van der Waals surface area contributed by atoms with Crippen LogP contribution in [-0.2, 0) is 6.54 Å². The van der Waals surface area contributed by atoms with Crippen LogP contribution in [0.4, 0.5) is 6.01 Å². The lowest BCUT2D eigenvalue weighted by molar-refractivity contribution is 0.363. The predicted octanol–water partition coefficient (Wildman–Crippen LogP) is 2.20. The molecule has 0 aliphatic heterocycles. The first-order chi connectivity index (χ1) is 9.43. The van der Waals surface area contributed by atoms with Gasteiger partial charge in [0.15, 0.2) is 0 Å². The van der Waals surface area contributed by atoms with Crippen molar-refractivity contribution in [2.24, 2.45) is 5.92 Å². The van der Waals surface area contributed by atoms with Gasteiger partial charge >= 0.3 is 0 Å². The van der Waals surface area contributed by atoms with E-state index in [1.54, 1.807) is 6.26 Å². The molecule has 0 bridgehead atoms. The highest BCUT2D eigenvalue weighted by Crippen LogP contribution is 2.16. The number of rotatable bonds is 9. The van der Waals surface area contributed by atoms with Gasteiger partial charge < -0.3 is 19.5 Å². The zero-order chi connectivity index (χ0) is 15.1. The van der Waals surface area contributed by atoms with E-state index in [4.69, 9.17) is 4.42 Å². The molecule has 1 aromatic heterocycles. The second-order valence-electron chi connectivity index (χ2n) is 6.04. The maximum atomic E-state index is 5.63. The third-order valence-corrected chi connectivity index (χ3v) is 3.15. The molecular weight excluding hydrogens is 252 g/mol. The van der Waals surface area contributed by atoms with E-state index in [-0.39, 0.29) is 0 Å². The fourth-order valence-corrected chi connectivity index (χ4v) is 2.26. The smallest absolute Gasteiger partial charge is 0.297 e. The Balaban J connectivity index is 2.58. The van der Waals surface area contributed by atoms with Gasteiger partial charge in [0.2, 0.25) is 0 Å². The van der Waals surface area contributed by atoms with Gasteiger partial charge in [0.05, 0.1) is 5.69 Å². The van der Waals surface area contributed by atoms with Gasteiger partial charge in [-0.05, 0) is 40.4 Å². The van der Waals surface area contributed by atoms with Crippen LogP contribution in [0.3, 0.4) is 0 Å². The molecule has 1 N–H and O–H groups in total. The van der Waals surface area contributed by atoms with Crippen molar-refractivity contribution in [1.82, 2.24) is 15.2 Å². The van der Waals surface area contributed by atoms with Crippen LogP contribution in [-0.4, -0.2) is 49.7 Å². The van der Waals surface area contributed by atoms with Gasteiger partial charge in [-0.3, -0.25) is 0 Å². The first-order valence-electron chi connectivity index (χ1n) is 7.50. The Morgan fingerprint density at radius 1 is 1.30 bits per heavy atom. The van der Waals surface area contributed by atoms with E-state index < -0.39 is 0 Å². The minimum atomic E-state index is 0.380. The van der Waals surface area contributed by atoms with E-state index in [1.807, 2.05) is 0 Å². The SMILES string of the molecule is CCN(c1nc(CNCC(C)C)co1)C(C)CN(C)C. The maximum Gasteiger partial charge on any atom is 0.297 e. The van der Waals surface area contributed by atoms with Gasteiger partial charge in [-0.25, -0.2) is 0 Å². The van der Waals surface area contributed by atoms with E-state index >= 15 is 0 Å². The largest absolute Gasteiger partial charge is 0.432 e. The molecule has 0 aliphatic rings. The lowest BCUT2D eigenvalue weighted by Gasteiger charge is -2.28. The summed E-state index contributed by atoms with van der Waals surface area (Å²) in [6.45, 7) is 12.4. The number of oxazole rings is 1. The van der Waals surface area contributed by atoms with E-state index in [0.717, 1.165) is 37.9 Å². The number of likely N-dealkylation sites (N-methyl/N-ethyl adjacent to an activating group) is 2. The topological polar surface area (TPSA) is 44.5 Å². The van der Waals surface area contributed by atoms with E-state index in [1.165, 1.54) is 0 Å². The molecule has 0 saturated carbocycles. The van der Waals surface area contributed by atoms with Crippen LogP contribution in [0.25, 0.3) is 0 Å². The molecular formula is C15H30N4O. The number of hydrogen-bond donors (Lipinski definition) is 1. The van der Waals surface area contributed by atoms with Crippen LogP contribution in [0.1, 0.15) is 33.4 Å². The van der Waals surface area contributed by atoms with E-state index in [9.17, 15) is 0 Å². The molecule has 5 nitrogen and oxygen atoms in total. The summed E-state index contributed by atoms with van der Waals surface area (Å²) in [5.74, 6) is 0.647. The molecule has 116 valence electrons. The maximum absolute atomic E-state index is 5.63. The Labute approximate surface area is 123 Å². The highest BCUT2D eigenvalue weighted by molar-refractivity contribution is 5.28. The second kappa shape index (κ2) is 8.27. The number of hydrogen-bond acceptors (Lipinski definition) is 5. The van der Waals surface area contributed by atoms with Crippen molar-refractivity contribution >= 4 is 6.01 Å². The number of nitrogens with one attached hydrogen (secondary N) is 1. The summed E-state index contributed by atoms with van der Waals surface area (Å²) in [4.78, 5) is 8.97. The summed E-state index contributed by atoms with van der Waals surface area (Å²) in [6, 6.07) is 1.10. The van der Waals surface area contributed by atoms with E-state index in [2.05, 4.69) is 61.9 Å². The molecule has 0 fully saturated rings. The van der Waals surface area contributed by atoms with Crippen LogP contribution >= 0.6 is 0 Å². The molecule has 1 heterocycles. The normalized spacial score (nSPS) is 13.2. The summed E-state index contributed by atoms with van der Waals surface area (Å²) in [5, 5.41) is 3.38. The Kier molecular flexibility index (Phi) is 7.02. The molecule has 1 unspecified atom stereocenters. The van der Waals surface area contributed by atoms with E-state index in [0.29, 0.717) is 12.0 Å². The van der Waals surface area contributed by atoms with Gasteiger partial charge in [0, 0.05) is 25.7 Å². The number of nitrogens with zero attached hydrogens (tertiary/aromatic N) is 3. The average Bonchev–Trinajstić information content (AvgIpc) is 2.77. The van der Waals surface area contributed by atoms with Crippen molar-refractivity contribution in [2.75, 3.05) is 38.6 Å². The van der Waals surface area contributed by atoms with Gasteiger partial charge in [0.1, 0.15) is 6.26 Å². The summed E-state index contributed by atoms with van der Waals surface area (Å²) in [6.07, 6.45) is 1.76. The monoisotopic (exact) mass is 282 g/mol. The van der Waals surface area contributed by atoms with Gasteiger partial charge in [-0.1, -0.05) is 13.8 Å². The van der Waals surface area contributed by atoms with Gasteiger partial charge in [-0.2, -0.15) is 4.98 Å². The van der Waals surface area contributed by atoms with Crippen LogP contribution < -0.4 is 10.2 Å². The van der Waals surface area contributed by atoms with Crippen molar-refractivity contribution < 1.29 is 4.42 Å². The Hall–Kier alpha value is -1.07. The van der Waals surface area contributed by atoms with Crippen molar-refractivity contribution in [3.8, 4) is 0 Å². The molecule has 0 aliphatic carbocycles. The molecule has 0 saturated heterocycles. The van der Waals surface area contributed by atoms with Gasteiger partial charge in [0.25, 0.3) is 6.01 Å². The molecule has 1 rings (SSSR count). The first kappa shape index (κ1) is 17.0. The molecule has 0 spiro atoms. The lowest BCUT2D eigenvalue weighted by Crippen LogP contribution is -2.40. The Morgan fingerprint density at radius 2 is 2.00 bits per heavy atom. The van der Waals surface area contributed by atoms with Crippen molar-refractivity contribution in [3.63, 3.8) is 0 Å². The fourth-order valence-electron chi connectivity index (χ4n) is 2.26. The Bertz CT molecular complexity index is 376. The van der Waals surface area contributed by atoms with Crippen LogP contribution in [0.2, 0.25) is 0 Å². The molecule has 0 radical (unpaired) electrons. The highest BCUT2D eigenvalue weighted by Gasteiger charge is 2.18. The standard InChI is InChI=1S/C15H30N4O/c1-7-19(13(4)10-18(5)6)15-17-14(11-20-15)9-16-8-12(2)3/h11-13,16H,7-10H2,1-6H3. The lowest BCUT2D eigenvalue weighted by atomic mass is 10.2. The summed E-state index contributed by atoms with van der Waals surface area (Å²) < 4.78 is 5.63. The van der Waals surface area contributed by atoms with Crippen molar-refractivity contribution in [2.45, 2.75) is 40.3 Å². The zero-order valence-corrected chi connectivity index (χ0v) is 13.8.